The van der Waals surface area contributed by atoms with Crippen molar-refractivity contribution < 1.29 is 5.11 Å². The van der Waals surface area contributed by atoms with Gasteiger partial charge in [0.2, 0.25) is 0 Å². The molecular weight excluding hydrogens is 186 g/mol. The summed E-state index contributed by atoms with van der Waals surface area (Å²) >= 11 is 0. The third-order valence-corrected chi connectivity index (χ3v) is 4.26. The van der Waals surface area contributed by atoms with Crippen molar-refractivity contribution in [3.05, 3.63) is 0 Å². The third-order valence-electron chi connectivity index (χ3n) is 4.26. The number of hydrogen-bond donors (Lipinski definition) is 1. The summed E-state index contributed by atoms with van der Waals surface area (Å²) in [4.78, 5) is 2.20. The molecule has 1 fully saturated rings. The summed E-state index contributed by atoms with van der Waals surface area (Å²) in [5.41, 5.74) is 0. The van der Waals surface area contributed by atoms with E-state index in [9.17, 15) is 5.11 Å². The maximum atomic E-state index is 9.89. The van der Waals surface area contributed by atoms with Gasteiger partial charge < -0.3 is 5.11 Å². The highest BCUT2D eigenvalue weighted by molar-refractivity contribution is 4.87. The lowest BCUT2D eigenvalue weighted by Crippen LogP contribution is -2.43. The predicted octanol–water partition coefficient (Wildman–Crippen LogP) is 2.86. The first-order valence-electron chi connectivity index (χ1n) is 6.51. The summed E-state index contributed by atoms with van der Waals surface area (Å²) < 4.78 is 0. The zero-order valence-corrected chi connectivity index (χ0v) is 10.7. The van der Waals surface area contributed by atoms with Gasteiger partial charge in [0.1, 0.15) is 6.23 Å². The summed E-state index contributed by atoms with van der Waals surface area (Å²) in [6, 6.07) is 0.606. The molecule has 2 heteroatoms. The SMILES string of the molecule is CCC(C)C1CCCC1N(C)C(O)CC. The topological polar surface area (TPSA) is 23.5 Å². The van der Waals surface area contributed by atoms with Crippen molar-refractivity contribution in [1.82, 2.24) is 4.90 Å². The molecule has 0 aromatic heterocycles. The average molecular weight is 213 g/mol. The molecule has 0 aliphatic heterocycles. The largest absolute Gasteiger partial charge is 0.378 e. The van der Waals surface area contributed by atoms with Gasteiger partial charge in [0.25, 0.3) is 0 Å². The smallest absolute Gasteiger partial charge is 0.107 e. The fourth-order valence-corrected chi connectivity index (χ4v) is 2.95. The standard InChI is InChI=1S/C13H27NO/c1-5-10(3)11-8-7-9-12(11)14(4)13(15)6-2/h10-13,15H,5-9H2,1-4H3. The Morgan fingerprint density at radius 3 is 2.47 bits per heavy atom. The maximum Gasteiger partial charge on any atom is 0.107 e. The lowest BCUT2D eigenvalue weighted by atomic mass is 9.87. The van der Waals surface area contributed by atoms with Crippen LogP contribution in [0.1, 0.15) is 52.9 Å². The number of rotatable bonds is 5. The molecule has 1 aliphatic rings. The van der Waals surface area contributed by atoms with E-state index in [1.807, 2.05) is 6.92 Å². The molecular formula is C13H27NO. The van der Waals surface area contributed by atoms with Crippen LogP contribution in [0.5, 0.6) is 0 Å². The first-order valence-corrected chi connectivity index (χ1v) is 6.51. The van der Waals surface area contributed by atoms with E-state index in [-0.39, 0.29) is 6.23 Å². The van der Waals surface area contributed by atoms with Crippen molar-refractivity contribution in [3.63, 3.8) is 0 Å². The van der Waals surface area contributed by atoms with E-state index in [1.54, 1.807) is 0 Å². The van der Waals surface area contributed by atoms with Crippen LogP contribution in [0, 0.1) is 11.8 Å². The second-order valence-corrected chi connectivity index (χ2v) is 5.10. The monoisotopic (exact) mass is 213 g/mol. The minimum absolute atomic E-state index is 0.250. The van der Waals surface area contributed by atoms with Crippen molar-refractivity contribution in [2.75, 3.05) is 7.05 Å². The molecule has 0 aromatic rings. The summed E-state index contributed by atoms with van der Waals surface area (Å²) in [6.45, 7) is 6.68. The number of aliphatic hydroxyl groups excluding tert-OH is 1. The third kappa shape index (κ3) is 2.94. The fourth-order valence-electron chi connectivity index (χ4n) is 2.95. The predicted molar refractivity (Wildman–Crippen MR) is 64.6 cm³/mol. The highest BCUT2D eigenvalue weighted by Crippen LogP contribution is 2.36. The molecule has 0 bridgehead atoms. The molecule has 0 aromatic carbocycles. The van der Waals surface area contributed by atoms with Gasteiger partial charge in [-0.25, -0.2) is 0 Å². The van der Waals surface area contributed by atoms with Crippen LogP contribution < -0.4 is 0 Å². The quantitative estimate of drug-likeness (QED) is 0.710. The lowest BCUT2D eigenvalue weighted by molar-refractivity contribution is -0.0244. The summed E-state index contributed by atoms with van der Waals surface area (Å²) in [5.74, 6) is 1.59. The molecule has 90 valence electrons. The fraction of sp³-hybridized carbons (Fsp3) is 1.00. The van der Waals surface area contributed by atoms with E-state index in [0.717, 1.165) is 18.3 Å². The molecule has 0 saturated heterocycles. The lowest BCUT2D eigenvalue weighted by Gasteiger charge is -2.35. The molecule has 4 atom stereocenters. The molecule has 0 heterocycles. The molecule has 0 amide bonds. The van der Waals surface area contributed by atoms with Crippen LogP contribution in [0.25, 0.3) is 0 Å². The molecule has 4 unspecified atom stereocenters. The molecule has 15 heavy (non-hydrogen) atoms. The van der Waals surface area contributed by atoms with Crippen LogP contribution in [0.2, 0.25) is 0 Å². The Bertz CT molecular complexity index is 183. The van der Waals surface area contributed by atoms with Crippen LogP contribution in [0.15, 0.2) is 0 Å². The Kier molecular flexibility index (Phi) is 5.07. The molecule has 1 N–H and O–H groups in total. The van der Waals surface area contributed by atoms with E-state index >= 15 is 0 Å². The Balaban J connectivity index is 2.59. The van der Waals surface area contributed by atoms with Crippen LogP contribution in [-0.2, 0) is 0 Å². The van der Waals surface area contributed by atoms with Crippen molar-refractivity contribution in [2.24, 2.45) is 11.8 Å². The van der Waals surface area contributed by atoms with Crippen LogP contribution >= 0.6 is 0 Å². The normalized spacial score (nSPS) is 30.8. The van der Waals surface area contributed by atoms with E-state index in [0.29, 0.717) is 6.04 Å². The number of aliphatic hydroxyl groups is 1. The average Bonchev–Trinajstić information content (AvgIpc) is 2.74. The number of nitrogens with zero attached hydrogens (tertiary/aromatic N) is 1. The van der Waals surface area contributed by atoms with Gasteiger partial charge in [0.05, 0.1) is 0 Å². The molecule has 0 spiro atoms. The van der Waals surface area contributed by atoms with Gasteiger partial charge in [-0.15, -0.1) is 0 Å². The molecule has 1 saturated carbocycles. The van der Waals surface area contributed by atoms with Crippen LogP contribution in [-0.4, -0.2) is 29.3 Å². The van der Waals surface area contributed by atoms with Crippen molar-refractivity contribution in [1.29, 1.82) is 0 Å². The van der Waals surface area contributed by atoms with Gasteiger partial charge >= 0.3 is 0 Å². The molecule has 2 nitrogen and oxygen atoms in total. The van der Waals surface area contributed by atoms with Gasteiger partial charge in [-0.2, -0.15) is 0 Å². The maximum absolute atomic E-state index is 9.89. The molecule has 0 radical (unpaired) electrons. The zero-order valence-electron chi connectivity index (χ0n) is 10.7. The summed E-state index contributed by atoms with van der Waals surface area (Å²) in [5, 5.41) is 9.89. The summed E-state index contributed by atoms with van der Waals surface area (Å²) in [7, 11) is 2.08. The minimum atomic E-state index is -0.250. The first kappa shape index (κ1) is 13.0. The van der Waals surface area contributed by atoms with Gasteiger partial charge in [0.15, 0.2) is 0 Å². The Labute approximate surface area is 94.7 Å². The zero-order chi connectivity index (χ0) is 11.4. The van der Waals surface area contributed by atoms with Crippen molar-refractivity contribution in [2.45, 2.75) is 65.1 Å². The highest BCUT2D eigenvalue weighted by atomic mass is 16.3. The van der Waals surface area contributed by atoms with Gasteiger partial charge in [-0.05, 0) is 38.1 Å². The Hall–Kier alpha value is -0.0800. The van der Waals surface area contributed by atoms with E-state index in [2.05, 4.69) is 25.8 Å². The Morgan fingerprint density at radius 2 is 1.93 bits per heavy atom. The van der Waals surface area contributed by atoms with Crippen LogP contribution in [0.3, 0.4) is 0 Å². The van der Waals surface area contributed by atoms with Gasteiger partial charge in [-0.3, -0.25) is 4.90 Å². The molecule has 1 rings (SSSR count). The second-order valence-electron chi connectivity index (χ2n) is 5.10. The van der Waals surface area contributed by atoms with Crippen molar-refractivity contribution >= 4 is 0 Å². The van der Waals surface area contributed by atoms with E-state index in [4.69, 9.17) is 0 Å². The summed E-state index contributed by atoms with van der Waals surface area (Å²) in [6.07, 6.45) is 5.79. The Morgan fingerprint density at radius 1 is 1.27 bits per heavy atom. The van der Waals surface area contributed by atoms with E-state index in [1.165, 1.54) is 25.7 Å². The van der Waals surface area contributed by atoms with Gasteiger partial charge in [-0.1, -0.05) is 33.6 Å². The van der Waals surface area contributed by atoms with Crippen molar-refractivity contribution in [3.8, 4) is 0 Å². The molecule has 1 aliphatic carbocycles. The van der Waals surface area contributed by atoms with E-state index < -0.39 is 0 Å². The minimum Gasteiger partial charge on any atom is -0.378 e. The second kappa shape index (κ2) is 5.86. The van der Waals surface area contributed by atoms with Gasteiger partial charge in [0, 0.05) is 6.04 Å². The first-order chi connectivity index (χ1) is 7.11. The van der Waals surface area contributed by atoms with Crippen LogP contribution in [0.4, 0.5) is 0 Å². The number of hydrogen-bond acceptors (Lipinski definition) is 2. The highest BCUT2D eigenvalue weighted by Gasteiger charge is 2.34.